The maximum absolute atomic E-state index is 2.42. The first-order valence-corrected chi connectivity index (χ1v) is 7.91. The number of rotatable bonds is 0. The molecule has 2 unspecified atom stereocenters. The minimum atomic E-state index is 0. The van der Waals surface area contributed by atoms with Gasteiger partial charge in [0.15, 0.2) is 0 Å². The molecule has 0 aromatic rings. The van der Waals surface area contributed by atoms with E-state index < -0.39 is 0 Å². The second kappa shape index (κ2) is 5.59. The molecule has 1 aliphatic heterocycles. The van der Waals surface area contributed by atoms with Crippen LogP contribution in [-0.2, 0) is 0 Å². The van der Waals surface area contributed by atoms with Crippen molar-refractivity contribution in [2.45, 2.75) is 57.8 Å². The highest BCUT2D eigenvalue weighted by Gasteiger charge is 2.45. The van der Waals surface area contributed by atoms with Crippen LogP contribution in [0.25, 0.3) is 0 Å². The van der Waals surface area contributed by atoms with Crippen LogP contribution >= 0.6 is 0 Å². The molecule has 0 bridgehead atoms. The van der Waals surface area contributed by atoms with Crippen LogP contribution in [0.5, 0.6) is 0 Å². The van der Waals surface area contributed by atoms with E-state index in [2.05, 4.69) is 14.1 Å². The highest BCUT2D eigenvalue weighted by molar-refractivity contribution is 4.92. The molecular weight excluding hydrogens is 333 g/mol. The van der Waals surface area contributed by atoms with Gasteiger partial charge in [0.25, 0.3) is 0 Å². The van der Waals surface area contributed by atoms with Crippen molar-refractivity contribution in [3.8, 4) is 0 Å². The molecule has 2 heteroatoms. The number of quaternary nitrogens is 1. The Morgan fingerprint density at radius 2 is 1.44 bits per heavy atom. The average Bonchev–Trinajstić information content (AvgIpc) is 2.34. The topological polar surface area (TPSA) is 0 Å². The number of nitrogens with zero attached hydrogens (tertiary/aromatic N) is 1. The number of piperidine rings is 1. The summed E-state index contributed by atoms with van der Waals surface area (Å²) in [5.41, 5.74) is 0.784. The molecule has 3 rings (SSSR count). The zero-order valence-electron chi connectivity index (χ0n) is 12.3. The molecule has 2 aliphatic carbocycles. The van der Waals surface area contributed by atoms with E-state index in [1.54, 1.807) is 32.1 Å². The fraction of sp³-hybridized carbons (Fsp3) is 1.00. The van der Waals surface area contributed by atoms with Crippen molar-refractivity contribution in [1.29, 1.82) is 0 Å². The second-order valence-corrected chi connectivity index (χ2v) is 7.93. The molecule has 1 spiro atoms. The molecule has 3 aliphatic rings. The van der Waals surface area contributed by atoms with Crippen molar-refractivity contribution in [2.75, 3.05) is 27.2 Å². The van der Waals surface area contributed by atoms with Crippen LogP contribution in [0.3, 0.4) is 0 Å². The van der Waals surface area contributed by atoms with Crippen molar-refractivity contribution < 1.29 is 28.5 Å². The van der Waals surface area contributed by atoms with Gasteiger partial charge in [-0.05, 0) is 36.5 Å². The van der Waals surface area contributed by atoms with Crippen LogP contribution in [-0.4, -0.2) is 31.7 Å². The lowest BCUT2D eigenvalue weighted by Gasteiger charge is -2.51. The Kier molecular flexibility index (Phi) is 4.69. The Hall–Kier alpha value is 0.690. The minimum absolute atomic E-state index is 0. The van der Waals surface area contributed by atoms with Gasteiger partial charge in [0.05, 0.1) is 27.2 Å². The molecule has 3 fully saturated rings. The van der Waals surface area contributed by atoms with E-state index in [0.717, 1.165) is 17.3 Å². The summed E-state index contributed by atoms with van der Waals surface area (Å²) in [6, 6.07) is 0. The summed E-state index contributed by atoms with van der Waals surface area (Å²) in [5, 5.41) is 0. The van der Waals surface area contributed by atoms with Gasteiger partial charge < -0.3 is 28.5 Å². The molecule has 1 nitrogen and oxygen atoms in total. The van der Waals surface area contributed by atoms with Crippen molar-refractivity contribution in [2.24, 2.45) is 17.3 Å². The third kappa shape index (κ3) is 3.05. The zero-order valence-corrected chi connectivity index (χ0v) is 14.4. The van der Waals surface area contributed by atoms with Gasteiger partial charge in [0, 0.05) is 12.8 Å². The predicted octanol–water partition coefficient (Wildman–Crippen LogP) is 0.837. The maximum atomic E-state index is 2.42. The van der Waals surface area contributed by atoms with Crippen LogP contribution < -0.4 is 24.0 Å². The minimum Gasteiger partial charge on any atom is -1.00 e. The summed E-state index contributed by atoms with van der Waals surface area (Å²) in [5.74, 6) is 2.24. The van der Waals surface area contributed by atoms with Crippen molar-refractivity contribution in [3.63, 3.8) is 0 Å². The normalized spacial score (nSPS) is 37.7. The molecular formula is C16H30IN. The predicted molar refractivity (Wildman–Crippen MR) is 72.8 cm³/mol. The zero-order chi connectivity index (χ0) is 11.9. The van der Waals surface area contributed by atoms with Gasteiger partial charge in [0.1, 0.15) is 0 Å². The maximum Gasteiger partial charge on any atom is 0.0787 e. The first kappa shape index (κ1) is 15.1. The van der Waals surface area contributed by atoms with Gasteiger partial charge in [-0.2, -0.15) is 0 Å². The van der Waals surface area contributed by atoms with Gasteiger partial charge in [-0.15, -0.1) is 0 Å². The smallest absolute Gasteiger partial charge is 0.0787 e. The van der Waals surface area contributed by atoms with E-state index >= 15 is 0 Å². The van der Waals surface area contributed by atoms with Crippen LogP contribution in [0.4, 0.5) is 0 Å². The average molecular weight is 363 g/mol. The van der Waals surface area contributed by atoms with E-state index in [0.29, 0.717) is 0 Å². The van der Waals surface area contributed by atoms with Gasteiger partial charge in [0.2, 0.25) is 0 Å². The Balaban J connectivity index is 0.00000120. The summed E-state index contributed by atoms with van der Waals surface area (Å²) in [6.07, 6.45) is 13.9. The molecule has 0 radical (unpaired) electrons. The van der Waals surface area contributed by atoms with Gasteiger partial charge in [-0.1, -0.05) is 25.7 Å². The third-order valence-electron chi connectivity index (χ3n) is 6.30. The van der Waals surface area contributed by atoms with E-state index in [1.165, 1.54) is 43.3 Å². The Bertz CT molecular complexity index is 277. The molecule has 1 saturated heterocycles. The number of likely N-dealkylation sites (tertiary alicyclic amines) is 1. The SMILES string of the molecule is C[N+]1(C)CCC2(CCC3CCCCC3C2)CC1.[I-]. The van der Waals surface area contributed by atoms with Crippen LogP contribution in [0.15, 0.2) is 0 Å². The quantitative estimate of drug-likeness (QED) is 0.442. The summed E-state index contributed by atoms with van der Waals surface area (Å²) in [4.78, 5) is 0. The Morgan fingerprint density at radius 3 is 2.11 bits per heavy atom. The molecule has 0 aromatic carbocycles. The van der Waals surface area contributed by atoms with Crippen LogP contribution in [0.2, 0.25) is 0 Å². The monoisotopic (exact) mass is 363 g/mol. The second-order valence-electron chi connectivity index (χ2n) is 7.93. The highest BCUT2D eigenvalue weighted by Crippen LogP contribution is 2.52. The van der Waals surface area contributed by atoms with Gasteiger partial charge >= 0.3 is 0 Å². The number of fused-ring (bicyclic) bond motifs is 1. The van der Waals surface area contributed by atoms with Crippen molar-refractivity contribution in [1.82, 2.24) is 0 Å². The number of hydrogen-bond donors (Lipinski definition) is 0. The Labute approximate surface area is 130 Å². The highest BCUT2D eigenvalue weighted by atomic mass is 127. The molecule has 18 heavy (non-hydrogen) atoms. The van der Waals surface area contributed by atoms with E-state index in [4.69, 9.17) is 0 Å². The fourth-order valence-electron chi connectivity index (χ4n) is 4.85. The summed E-state index contributed by atoms with van der Waals surface area (Å²) < 4.78 is 1.27. The van der Waals surface area contributed by atoms with Crippen molar-refractivity contribution >= 4 is 0 Å². The van der Waals surface area contributed by atoms with Crippen molar-refractivity contribution in [3.05, 3.63) is 0 Å². The standard InChI is InChI=1S/C16H30N.HI/c1-17(2)11-9-16(10-12-17)8-7-14-5-3-4-6-15(14)13-16;/h14-15H,3-13H2,1-2H3;1H/q+1;/p-1. The molecule has 1 heterocycles. The third-order valence-corrected chi connectivity index (χ3v) is 6.30. The first-order chi connectivity index (χ1) is 8.09. The molecule has 0 N–H and O–H groups in total. The van der Waals surface area contributed by atoms with Gasteiger partial charge in [-0.3, -0.25) is 0 Å². The summed E-state index contributed by atoms with van der Waals surface area (Å²) in [6.45, 7) is 2.86. The molecule has 0 amide bonds. The lowest BCUT2D eigenvalue weighted by atomic mass is 9.58. The first-order valence-electron chi connectivity index (χ1n) is 7.91. The fourth-order valence-corrected chi connectivity index (χ4v) is 4.85. The molecule has 0 aromatic heterocycles. The molecule has 106 valence electrons. The molecule has 2 saturated carbocycles. The lowest BCUT2D eigenvalue weighted by molar-refractivity contribution is -0.897. The number of hydrogen-bond acceptors (Lipinski definition) is 0. The van der Waals surface area contributed by atoms with Crippen LogP contribution in [0, 0.1) is 17.3 Å². The van der Waals surface area contributed by atoms with E-state index in [1.807, 2.05) is 0 Å². The van der Waals surface area contributed by atoms with E-state index in [-0.39, 0.29) is 24.0 Å². The Morgan fingerprint density at radius 1 is 0.833 bits per heavy atom. The molecule has 2 atom stereocenters. The largest absolute Gasteiger partial charge is 1.00 e. The van der Waals surface area contributed by atoms with Gasteiger partial charge in [-0.25, -0.2) is 0 Å². The lowest BCUT2D eigenvalue weighted by Crippen LogP contribution is -3.00. The summed E-state index contributed by atoms with van der Waals surface area (Å²) in [7, 11) is 4.83. The van der Waals surface area contributed by atoms with Crippen LogP contribution in [0.1, 0.15) is 57.8 Å². The number of halogens is 1. The summed E-state index contributed by atoms with van der Waals surface area (Å²) >= 11 is 0. The van der Waals surface area contributed by atoms with E-state index in [9.17, 15) is 0 Å².